The minimum atomic E-state index is -0.791. The van der Waals surface area contributed by atoms with Crippen LogP contribution in [0.1, 0.15) is 41.0 Å². The fraction of sp³-hybridized carbons (Fsp3) is 0.242. The Bertz CT molecular complexity index is 1490. The summed E-state index contributed by atoms with van der Waals surface area (Å²) in [4.78, 5) is 13.8. The Morgan fingerprint density at radius 2 is 1.85 bits per heavy atom. The largest absolute Gasteiger partial charge is 0.497 e. The van der Waals surface area contributed by atoms with Crippen molar-refractivity contribution in [1.29, 1.82) is 0 Å². The number of aliphatic carboxylic acids is 1. The molecular formula is C33H31ClFNO3. The maximum Gasteiger partial charge on any atom is 0.305 e. The molecule has 1 aliphatic rings. The first kappa shape index (κ1) is 26.8. The number of carboxylic acid groups (broad SMARTS) is 1. The second kappa shape index (κ2) is 11.5. The highest BCUT2D eigenvalue weighted by molar-refractivity contribution is 6.30. The van der Waals surface area contributed by atoms with Crippen molar-refractivity contribution in [2.24, 2.45) is 0 Å². The highest BCUT2D eigenvalue weighted by atomic mass is 35.5. The van der Waals surface area contributed by atoms with Gasteiger partial charge in [-0.15, -0.1) is 0 Å². The summed E-state index contributed by atoms with van der Waals surface area (Å²) in [6.07, 6.45) is 1.61. The van der Waals surface area contributed by atoms with Crippen LogP contribution in [0, 0.1) is 12.7 Å². The highest BCUT2D eigenvalue weighted by Crippen LogP contribution is 2.37. The Balaban J connectivity index is 1.33. The third-order valence-electron chi connectivity index (χ3n) is 7.63. The van der Waals surface area contributed by atoms with Gasteiger partial charge < -0.3 is 14.7 Å². The molecule has 200 valence electrons. The van der Waals surface area contributed by atoms with Crippen LogP contribution in [0.15, 0.2) is 84.9 Å². The van der Waals surface area contributed by atoms with Gasteiger partial charge in [0, 0.05) is 34.8 Å². The number of methoxy groups -OCH3 is 1. The standard InChI is InChI=1S/C33H31ClFNO3/c1-21-14-25(31-19-30(39-2)12-13-32(31)35)9-8-23(21)15-22-6-10-28(11-7-22)36-20-26(17-29(36)18-33(37)38)24-4-3-5-27(34)16-24/h3-14,16,19,26,29H,15,17-18,20H2,1-2H3,(H,37,38)/t26-,29+/m0/s1. The molecule has 0 aromatic heterocycles. The van der Waals surface area contributed by atoms with Gasteiger partial charge in [0.2, 0.25) is 0 Å². The number of halogens is 2. The summed E-state index contributed by atoms with van der Waals surface area (Å²) in [5, 5.41) is 10.2. The average Bonchev–Trinajstić information content (AvgIpc) is 3.33. The number of aryl methyl sites for hydroxylation is 1. The lowest BCUT2D eigenvalue weighted by molar-refractivity contribution is -0.137. The van der Waals surface area contributed by atoms with E-state index < -0.39 is 5.97 Å². The molecule has 39 heavy (non-hydrogen) atoms. The lowest BCUT2D eigenvalue weighted by atomic mass is 9.95. The average molecular weight is 544 g/mol. The van der Waals surface area contributed by atoms with E-state index >= 15 is 0 Å². The zero-order valence-corrected chi connectivity index (χ0v) is 22.8. The van der Waals surface area contributed by atoms with Crippen molar-refractivity contribution in [3.05, 3.63) is 118 Å². The molecule has 0 aliphatic carbocycles. The molecule has 2 atom stereocenters. The minimum absolute atomic E-state index is 0.0795. The first-order valence-corrected chi connectivity index (χ1v) is 13.4. The second-order valence-corrected chi connectivity index (χ2v) is 10.7. The van der Waals surface area contributed by atoms with Gasteiger partial charge in [-0.2, -0.15) is 0 Å². The van der Waals surface area contributed by atoms with Crippen LogP contribution in [0.4, 0.5) is 10.1 Å². The molecule has 0 spiro atoms. The van der Waals surface area contributed by atoms with Gasteiger partial charge in [-0.3, -0.25) is 4.79 Å². The van der Waals surface area contributed by atoms with Gasteiger partial charge in [-0.25, -0.2) is 4.39 Å². The van der Waals surface area contributed by atoms with Crippen molar-refractivity contribution < 1.29 is 19.0 Å². The predicted molar refractivity (Wildman–Crippen MR) is 155 cm³/mol. The Kier molecular flexibility index (Phi) is 7.89. The Morgan fingerprint density at radius 3 is 2.54 bits per heavy atom. The summed E-state index contributed by atoms with van der Waals surface area (Å²) in [6.45, 7) is 2.79. The van der Waals surface area contributed by atoms with E-state index in [-0.39, 0.29) is 24.2 Å². The first-order chi connectivity index (χ1) is 18.8. The Hall–Kier alpha value is -3.83. The van der Waals surface area contributed by atoms with E-state index in [1.54, 1.807) is 19.2 Å². The zero-order chi connectivity index (χ0) is 27.5. The molecule has 1 aliphatic heterocycles. The fourth-order valence-electron chi connectivity index (χ4n) is 5.57. The van der Waals surface area contributed by atoms with Crippen LogP contribution in [0.2, 0.25) is 5.02 Å². The van der Waals surface area contributed by atoms with E-state index in [4.69, 9.17) is 16.3 Å². The summed E-state index contributed by atoms with van der Waals surface area (Å²) in [7, 11) is 1.57. The summed E-state index contributed by atoms with van der Waals surface area (Å²) >= 11 is 6.22. The van der Waals surface area contributed by atoms with Crippen LogP contribution in [-0.2, 0) is 11.2 Å². The summed E-state index contributed by atoms with van der Waals surface area (Å²) < 4.78 is 19.7. The van der Waals surface area contributed by atoms with E-state index in [1.165, 1.54) is 11.6 Å². The number of nitrogens with zero attached hydrogens (tertiary/aromatic N) is 1. The van der Waals surface area contributed by atoms with Gasteiger partial charge in [-0.1, -0.05) is 54.1 Å². The molecule has 1 heterocycles. The van der Waals surface area contributed by atoms with Crippen molar-refractivity contribution in [3.63, 3.8) is 0 Å². The normalized spacial score (nSPS) is 16.9. The molecule has 0 saturated carbocycles. The van der Waals surface area contributed by atoms with Gasteiger partial charge in [0.1, 0.15) is 11.6 Å². The minimum Gasteiger partial charge on any atom is -0.497 e. The second-order valence-electron chi connectivity index (χ2n) is 10.2. The molecule has 0 bridgehead atoms. The number of rotatable bonds is 8. The lowest BCUT2D eigenvalue weighted by Gasteiger charge is -2.26. The maximum atomic E-state index is 14.5. The maximum absolute atomic E-state index is 14.5. The summed E-state index contributed by atoms with van der Waals surface area (Å²) in [5.74, 6) is -0.223. The van der Waals surface area contributed by atoms with E-state index in [0.29, 0.717) is 16.3 Å². The number of anilines is 1. The topological polar surface area (TPSA) is 49.8 Å². The predicted octanol–water partition coefficient (Wildman–Crippen LogP) is 7.89. The molecule has 6 heteroatoms. The van der Waals surface area contributed by atoms with Crippen molar-refractivity contribution in [2.75, 3.05) is 18.6 Å². The smallest absolute Gasteiger partial charge is 0.305 e. The van der Waals surface area contributed by atoms with Crippen LogP contribution in [-0.4, -0.2) is 30.8 Å². The molecule has 1 fully saturated rings. The van der Waals surface area contributed by atoms with Crippen molar-refractivity contribution in [2.45, 2.75) is 38.1 Å². The van der Waals surface area contributed by atoms with E-state index in [1.807, 2.05) is 37.3 Å². The van der Waals surface area contributed by atoms with Crippen molar-refractivity contribution >= 4 is 23.3 Å². The molecule has 4 nitrogen and oxygen atoms in total. The molecule has 0 amide bonds. The van der Waals surface area contributed by atoms with Gasteiger partial charge in [0.05, 0.1) is 13.5 Å². The number of hydrogen-bond donors (Lipinski definition) is 1. The molecular weight excluding hydrogens is 513 g/mol. The Morgan fingerprint density at radius 1 is 1.05 bits per heavy atom. The molecule has 0 unspecified atom stereocenters. The Labute approximate surface area is 233 Å². The molecule has 0 radical (unpaired) electrons. The SMILES string of the molecule is COc1ccc(F)c(-c2ccc(Cc3ccc(N4C[C@@H](c5cccc(Cl)c5)C[C@@H]4CC(=O)O)cc3)c(C)c2)c1. The van der Waals surface area contributed by atoms with E-state index in [9.17, 15) is 14.3 Å². The third kappa shape index (κ3) is 6.10. The van der Waals surface area contributed by atoms with Gasteiger partial charge in [0.25, 0.3) is 0 Å². The summed E-state index contributed by atoms with van der Waals surface area (Å²) in [5.41, 5.74) is 6.91. The van der Waals surface area contributed by atoms with Crippen LogP contribution >= 0.6 is 11.6 Å². The van der Waals surface area contributed by atoms with Gasteiger partial charge in [0.15, 0.2) is 0 Å². The van der Waals surface area contributed by atoms with E-state index in [0.717, 1.165) is 47.3 Å². The zero-order valence-electron chi connectivity index (χ0n) is 22.0. The molecule has 4 aromatic carbocycles. The quantitative estimate of drug-likeness (QED) is 0.245. The van der Waals surface area contributed by atoms with Crippen molar-refractivity contribution in [1.82, 2.24) is 0 Å². The number of benzene rings is 4. The molecule has 1 saturated heterocycles. The van der Waals surface area contributed by atoms with Crippen molar-refractivity contribution in [3.8, 4) is 16.9 Å². The van der Waals surface area contributed by atoms with E-state index in [2.05, 4.69) is 41.3 Å². The molecule has 1 N–H and O–H groups in total. The third-order valence-corrected chi connectivity index (χ3v) is 7.87. The number of hydrogen-bond acceptors (Lipinski definition) is 3. The van der Waals surface area contributed by atoms with Crippen LogP contribution < -0.4 is 9.64 Å². The number of ether oxygens (including phenoxy) is 1. The first-order valence-electron chi connectivity index (χ1n) is 13.1. The summed E-state index contributed by atoms with van der Waals surface area (Å²) in [6, 6.07) is 26.9. The monoisotopic (exact) mass is 543 g/mol. The van der Waals surface area contributed by atoms with Crippen LogP contribution in [0.25, 0.3) is 11.1 Å². The number of carbonyl (C=O) groups is 1. The van der Waals surface area contributed by atoms with Gasteiger partial charge >= 0.3 is 5.97 Å². The van der Waals surface area contributed by atoms with Crippen LogP contribution in [0.5, 0.6) is 5.75 Å². The lowest BCUT2D eigenvalue weighted by Crippen LogP contribution is -2.31. The fourth-order valence-corrected chi connectivity index (χ4v) is 5.77. The molecule has 5 rings (SSSR count). The number of carboxylic acids is 1. The van der Waals surface area contributed by atoms with Crippen LogP contribution in [0.3, 0.4) is 0 Å². The van der Waals surface area contributed by atoms with Gasteiger partial charge in [-0.05, 0) is 90.0 Å². The molecule has 4 aromatic rings. The highest BCUT2D eigenvalue weighted by Gasteiger charge is 2.34.